The van der Waals surface area contributed by atoms with Gasteiger partial charge in [0.1, 0.15) is 0 Å². The molecule has 0 spiro atoms. The van der Waals surface area contributed by atoms with Crippen LogP contribution < -0.4 is 4.74 Å². The zero-order chi connectivity index (χ0) is 25.6. The number of carbonyl (C=O) groups excluding carboxylic acids is 1. The maximum absolute atomic E-state index is 14.8. The third-order valence-electron chi connectivity index (χ3n) is 7.78. The van der Waals surface area contributed by atoms with Crippen LogP contribution in [-0.4, -0.2) is 91.5 Å². The number of amides is 2. The molecular weight excluding hydrogens is 465 g/mol. The Kier molecular flexibility index (Phi) is 6.63. The van der Waals surface area contributed by atoms with Crippen molar-refractivity contribution in [1.29, 1.82) is 0 Å². The van der Waals surface area contributed by atoms with Crippen molar-refractivity contribution in [2.45, 2.75) is 77.7 Å². The van der Waals surface area contributed by atoms with Gasteiger partial charge in [-0.2, -0.15) is 10.1 Å². The van der Waals surface area contributed by atoms with Crippen molar-refractivity contribution in [2.75, 3.05) is 32.9 Å². The van der Waals surface area contributed by atoms with Gasteiger partial charge in [0.15, 0.2) is 11.6 Å². The SMILES string of the molecule is CCOc1ncc(F)c(-n2ncc3c2C(C)(C)N(C(=O)N2C[C@@H](C)N(C4CCOCC4)C[C@@H]2C)C3)n1. The molecule has 0 radical (unpaired) electrons. The molecule has 10 nitrogen and oxygen atoms in total. The van der Waals surface area contributed by atoms with Gasteiger partial charge in [-0.25, -0.2) is 18.9 Å². The van der Waals surface area contributed by atoms with Gasteiger partial charge in [-0.1, -0.05) is 0 Å². The van der Waals surface area contributed by atoms with E-state index in [9.17, 15) is 9.18 Å². The monoisotopic (exact) mass is 501 g/mol. The molecule has 11 heteroatoms. The molecule has 2 amide bonds. The van der Waals surface area contributed by atoms with E-state index in [0.717, 1.165) is 50.1 Å². The maximum Gasteiger partial charge on any atom is 0.321 e. The van der Waals surface area contributed by atoms with Crippen LogP contribution in [0.3, 0.4) is 0 Å². The summed E-state index contributed by atoms with van der Waals surface area (Å²) in [6, 6.07) is 0.944. The normalized spacial score (nSPS) is 24.7. The molecule has 36 heavy (non-hydrogen) atoms. The van der Waals surface area contributed by atoms with Crippen LogP contribution in [0.4, 0.5) is 9.18 Å². The molecule has 0 aromatic carbocycles. The summed E-state index contributed by atoms with van der Waals surface area (Å²) < 4.78 is 27.2. The van der Waals surface area contributed by atoms with Gasteiger partial charge in [0.25, 0.3) is 0 Å². The van der Waals surface area contributed by atoms with E-state index in [0.29, 0.717) is 25.7 Å². The van der Waals surface area contributed by atoms with Crippen LogP contribution in [0.15, 0.2) is 12.4 Å². The van der Waals surface area contributed by atoms with Crippen LogP contribution in [0.25, 0.3) is 5.82 Å². The molecule has 196 valence electrons. The smallest absolute Gasteiger partial charge is 0.321 e. The number of piperazine rings is 1. The van der Waals surface area contributed by atoms with Crippen molar-refractivity contribution >= 4 is 6.03 Å². The van der Waals surface area contributed by atoms with E-state index in [-0.39, 0.29) is 29.9 Å². The first-order chi connectivity index (χ1) is 17.2. The molecule has 5 rings (SSSR count). The highest BCUT2D eigenvalue weighted by Gasteiger charge is 2.47. The Morgan fingerprint density at radius 1 is 1.19 bits per heavy atom. The van der Waals surface area contributed by atoms with Crippen molar-refractivity contribution in [3.05, 3.63) is 29.5 Å². The highest BCUT2D eigenvalue weighted by atomic mass is 19.1. The van der Waals surface area contributed by atoms with Gasteiger partial charge in [0.2, 0.25) is 0 Å². The average molecular weight is 502 g/mol. The Morgan fingerprint density at radius 3 is 2.67 bits per heavy atom. The Bertz CT molecular complexity index is 1120. The lowest BCUT2D eigenvalue weighted by Gasteiger charge is -2.49. The molecule has 0 N–H and O–H groups in total. The van der Waals surface area contributed by atoms with Crippen molar-refractivity contribution in [2.24, 2.45) is 0 Å². The van der Waals surface area contributed by atoms with Crippen molar-refractivity contribution < 1.29 is 18.7 Å². The van der Waals surface area contributed by atoms with Gasteiger partial charge in [-0.05, 0) is 47.5 Å². The number of carbonyl (C=O) groups is 1. The number of nitrogens with zero attached hydrogens (tertiary/aromatic N) is 7. The molecule has 3 aliphatic heterocycles. The third kappa shape index (κ3) is 4.21. The van der Waals surface area contributed by atoms with Crippen molar-refractivity contribution in [3.8, 4) is 11.8 Å². The fraction of sp³-hybridized carbons (Fsp3) is 0.680. The topological polar surface area (TPSA) is 88.9 Å². The highest BCUT2D eigenvalue weighted by molar-refractivity contribution is 5.77. The molecule has 2 atom stereocenters. The van der Waals surface area contributed by atoms with E-state index in [2.05, 4.69) is 33.8 Å². The third-order valence-corrected chi connectivity index (χ3v) is 7.78. The molecule has 2 saturated heterocycles. The van der Waals surface area contributed by atoms with E-state index >= 15 is 0 Å². The second kappa shape index (κ2) is 9.59. The lowest BCUT2D eigenvalue weighted by molar-refractivity contribution is -0.0238. The van der Waals surface area contributed by atoms with Gasteiger partial charge in [0.05, 0.1) is 36.8 Å². The minimum absolute atomic E-state index is 0.00751. The van der Waals surface area contributed by atoms with Crippen molar-refractivity contribution in [3.63, 3.8) is 0 Å². The van der Waals surface area contributed by atoms with Crippen LogP contribution in [0.5, 0.6) is 6.01 Å². The Labute approximate surface area is 211 Å². The van der Waals surface area contributed by atoms with Crippen molar-refractivity contribution in [1.82, 2.24) is 34.4 Å². The quantitative estimate of drug-likeness (QED) is 0.636. The first-order valence-electron chi connectivity index (χ1n) is 12.9. The molecule has 0 aliphatic carbocycles. The Morgan fingerprint density at radius 2 is 1.94 bits per heavy atom. The van der Waals surface area contributed by atoms with Crippen LogP contribution in [0, 0.1) is 5.82 Å². The summed E-state index contributed by atoms with van der Waals surface area (Å²) in [4.78, 5) is 28.5. The number of ether oxygens (including phenoxy) is 2. The molecule has 0 unspecified atom stereocenters. The second-order valence-electron chi connectivity index (χ2n) is 10.5. The van der Waals surface area contributed by atoms with Crippen LogP contribution in [0.1, 0.15) is 58.7 Å². The zero-order valence-corrected chi connectivity index (χ0v) is 21.8. The standard InChI is InChI=1S/C25H36FN7O3/c1-6-36-23-27-12-20(26)22(29-23)33-21-18(11-28-33)15-32(25(21,4)5)24(34)31-14-16(2)30(13-17(31)3)19-7-9-35-10-8-19/h11-12,16-17,19H,6-10,13-15H2,1-5H3/t16-,17+/m1/s1. The van der Waals surface area contributed by atoms with E-state index < -0.39 is 11.4 Å². The molecule has 2 fully saturated rings. The van der Waals surface area contributed by atoms with E-state index in [1.165, 1.54) is 4.68 Å². The van der Waals surface area contributed by atoms with E-state index in [1.807, 2.05) is 30.6 Å². The summed E-state index contributed by atoms with van der Waals surface area (Å²) in [6.45, 7) is 14.0. The molecule has 2 aromatic heterocycles. The van der Waals surface area contributed by atoms with Gasteiger partial charge in [-0.15, -0.1) is 0 Å². The van der Waals surface area contributed by atoms with E-state index in [4.69, 9.17) is 9.47 Å². The summed E-state index contributed by atoms with van der Waals surface area (Å²) in [5, 5.41) is 4.42. The van der Waals surface area contributed by atoms with Gasteiger partial charge in [0, 0.05) is 50.0 Å². The molecule has 0 saturated carbocycles. The average Bonchev–Trinajstić information content (AvgIpc) is 3.40. The number of hydrogen-bond donors (Lipinski definition) is 0. The van der Waals surface area contributed by atoms with Gasteiger partial charge in [-0.3, -0.25) is 4.90 Å². The summed E-state index contributed by atoms with van der Waals surface area (Å²) in [5.74, 6) is -0.583. The number of fused-ring (bicyclic) bond motifs is 1. The molecule has 5 heterocycles. The fourth-order valence-electron chi connectivity index (χ4n) is 5.90. The Hall–Kier alpha value is -2.79. The predicted octanol–water partition coefficient (Wildman–Crippen LogP) is 2.94. The van der Waals surface area contributed by atoms with Crippen LogP contribution in [0.2, 0.25) is 0 Å². The summed E-state index contributed by atoms with van der Waals surface area (Å²) >= 11 is 0. The van der Waals surface area contributed by atoms with E-state index in [1.54, 1.807) is 6.20 Å². The molecule has 3 aliphatic rings. The second-order valence-corrected chi connectivity index (χ2v) is 10.5. The Balaban J connectivity index is 1.37. The lowest BCUT2D eigenvalue weighted by atomic mass is 9.99. The maximum atomic E-state index is 14.8. The van der Waals surface area contributed by atoms with Crippen LogP contribution in [-0.2, 0) is 16.8 Å². The number of halogens is 1. The zero-order valence-electron chi connectivity index (χ0n) is 21.8. The number of rotatable bonds is 4. The fourth-order valence-corrected chi connectivity index (χ4v) is 5.90. The van der Waals surface area contributed by atoms with Crippen LogP contribution >= 0.6 is 0 Å². The molecule has 0 bridgehead atoms. The summed E-state index contributed by atoms with van der Waals surface area (Å²) in [7, 11) is 0. The molecule has 2 aromatic rings. The number of urea groups is 1. The highest BCUT2D eigenvalue weighted by Crippen LogP contribution is 2.41. The van der Waals surface area contributed by atoms with Gasteiger partial charge >= 0.3 is 12.0 Å². The first kappa shape index (κ1) is 24.9. The van der Waals surface area contributed by atoms with Gasteiger partial charge < -0.3 is 19.3 Å². The minimum atomic E-state index is -0.715. The summed E-state index contributed by atoms with van der Waals surface area (Å²) in [6.07, 6.45) is 4.87. The predicted molar refractivity (Wildman–Crippen MR) is 130 cm³/mol. The first-order valence-corrected chi connectivity index (χ1v) is 12.9. The molecular formula is C25H36FN7O3. The number of hydrogen-bond acceptors (Lipinski definition) is 7. The minimum Gasteiger partial charge on any atom is -0.464 e. The largest absolute Gasteiger partial charge is 0.464 e. The number of aromatic nitrogens is 4. The summed E-state index contributed by atoms with van der Waals surface area (Å²) in [5.41, 5.74) is 0.913. The lowest BCUT2D eigenvalue weighted by Crippen LogP contribution is -2.63.